The fourth-order valence-corrected chi connectivity index (χ4v) is 3.46. The summed E-state index contributed by atoms with van der Waals surface area (Å²) in [6.45, 7) is 5.18. The molecule has 0 spiro atoms. The Balaban J connectivity index is 2.27. The maximum Gasteiger partial charge on any atom is 0.160 e. The number of hydrogen-bond donors (Lipinski definition) is 1. The third kappa shape index (κ3) is 3.50. The second-order valence-corrected chi connectivity index (χ2v) is 5.65. The minimum Gasteiger partial charge on any atom is -0.493 e. The van der Waals surface area contributed by atoms with E-state index in [4.69, 9.17) is 15.2 Å². The zero-order valence-electron chi connectivity index (χ0n) is 13.5. The molecule has 0 saturated carbocycles. The van der Waals surface area contributed by atoms with Crippen LogP contribution in [0.15, 0.2) is 18.2 Å². The lowest BCUT2D eigenvalue weighted by Gasteiger charge is -2.40. The monoisotopic (exact) mass is 292 g/mol. The molecule has 1 aromatic carbocycles. The molecule has 1 saturated heterocycles. The SMILES string of the molecule is CCN1CCCCC1C(CN)c1ccc(OC)c(OC)c1. The highest BCUT2D eigenvalue weighted by atomic mass is 16.5. The van der Waals surface area contributed by atoms with Crippen molar-refractivity contribution in [3.63, 3.8) is 0 Å². The lowest BCUT2D eigenvalue weighted by atomic mass is 9.85. The molecule has 0 aliphatic carbocycles. The summed E-state index contributed by atoms with van der Waals surface area (Å²) < 4.78 is 10.8. The molecule has 2 rings (SSSR count). The molecule has 1 aromatic rings. The third-order valence-electron chi connectivity index (χ3n) is 4.62. The summed E-state index contributed by atoms with van der Waals surface area (Å²) in [5, 5.41) is 0. The first-order chi connectivity index (χ1) is 10.2. The molecule has 4 nitrogen and oxygen atoms in total. The van der Waals surface area contributed by atoms with Gasteiger partial charge in [0, 0.05) is 18.5 Å². The maximum absolute atomic E-state index is 6.12. The average Bonchev–Trinajstić information content (AvgIpc) is 2.55. The van der Waals surface area contributed by atoms with Crippen molar-refractivity contribution in [3.8, 4) is 11.5 Å². The Labute approximate surface area is 128 Å². The Morgan fingerprint density at radius 2 is 2.00 bits per heavy atom. The van der Waals surface area contributed by atoms with Crippen LogP contribution in [-0.2, 0) is 0 Å². The van der Waals surface area contributed by atoms with Crippen molar-refractivity contribution in [1.82, 2.24) is 4.90 Å². The predicted octanol–water partition coefficient (Wildman–Crippen LogP) is 2.62. The minimum atomic E-state index is 0.352. The van der Waals surface area contributed by atoms with Crippen LogP contribution < -0.4 is 15.2 Å². The number of rotatable bonds is 6. The zero-order chi connectivity index (χ0) is 15.2. The molecule has 0 bridgehead atoms. The topological polar surface area (TPSA) is 47.7 Å². The second-order valence-electron chi connectivity index (χ2n) is 5.65. The molecule has 2 unspecified atom stereocenters. The van der Waals surface area contributed by atoms with Crippen LogP contribution in [0.4, 0.5) is 0 Å². The largest absolute Gasteiger partial charge is 0.493 e. The quantitative estimate of drug-likeness (QED) is 0.875. The highest BCUT2D eigenvalue weighted by Gasteiger charge is 2.29. The fourth-order valence-electron chi connectivity index (χ4n) is 3.46. The fraction of sp³-hybridized carbons (Fsp3) is 0.647. The summed E-state index contributed by atoms with van der Waals surface area (Å²) in [7, 11) is 3.34. The van der Waals surface area contributed by atoms with Gasteiger partial charge in [-0.25, -0.2) is 0 Å². The lowest BCUT2D eigenvalue weighted by molar-refractivity contribution is 0.134. The van der Waals surface area contributed by atoms with Gasteiger partial charge in [0.25, 0.3) is 0 Å². The molecule has 0 aromatic heterocycles. The van der Waals surface area contributed by atoms with Gasteiger partial charge >= 0.3 is 0 Å². The van der Waals surface area contributed by atoms with Crippen molar-refractivity contribution in [2.45, 2.75) is 38.1 Å². The second kappa shape index (κ2) is 7.66. The van der Waals surface area contributed by atoms with Crippen LogP contribution in [0, 0.1) is 0 Å². The van der Waals surface area contributed by atoms with Gasteiger partial charge < -0.3 is 20.1 Å². The van der Waals surface area contributed by atoms with Gasteiger partial charge in [0.2, 0.25) is 0 Å². The molecule has 1 heterocycles. The number of likely N-dealkylation sites (tertiary alicyclic amines) is 1. The number of nitrogens with two attached hydrogens (primary N) is 1. The Morgan fingerprint density at radius 1 is 1.24 bits per heavy atom. The van der Waals surface area contributed by atoms with Crippen LogP contribution in [0.2, 0.25) is 0 Å². The van der Waals surface area contributed by atoms with Gasteiger partial charge in [-0.05, 0) is 43.6 Å². The summed E-state index contributed by atoms with van der Waals surface area (Å²) in [5.74, 6) is 1.91. The molecule has 118 valence electrons. The molecule has 2 N–H and O–H groups in total. The van der Waals surface area contributed by atoms with Crippen molar-refractivity contribution >= 4 is 0 Å². The summed E-state index contributed by atoms with van der Waals surface area (Å²) in [6, 6.07) is 6.72. The smallest absolute Gasteiger partial charge is 0.160 e. The minimum absolute atomic E-state index is 0.352. The van der Waals surface area contributed by atoms with Crippen molar-refractivity contribution < 1.29 is 9.47 Å². The lowest BCUT2D eigenvalue weighted by Crippen LogP contribution is -2.45. The maximum atomic E-state index is 6.12. The summed E-state index contributed by atoms with van der Waals surface area (Å²) >= 11 is 0. The summed E-state index contributed by atoms with van der Waals surface area (Å²) in [6.07, 6.45) is 3.82. The molecule has 21 heavy (non-hydrogen) atoms. The van der Waals surface area contributed by atoms with Crippen molar-refractivity contribution in [2.75, 3.05) is 33.9 Å². The normalized spacial score (nSPS) is 21.0. The van der Waals surface area contributed by atoms with E-state index in [-0.39, 0.29) is 0 Å². The first-order valence-corrected chi connectivity index (χ1v) is 7.91. The van der Waals surface area contributed by atoms with E-state index in [0.29, 0.717) is 18.5 Å². The molecular weight excluding hydrogens is 264 g/mol. The molecule has 0 radical (unpaired) electrons. The molecule has 4 heteroatoms. The number of benzene rings is 1. The zero-order valence-corrected chi connectivity index (χ0v) is 13.5. The van der Waals surface area contributed by atoms with Gasteiger partial charge in [-0.1, -0.05) is 19.4 Å². The van der Waals surface area contributed by atoms with E-state index in [1.807, 2.05) is 6.07 Å². The van der Waals surface area contributed by atoms with E-state index in [0.717, 1.165) is 18.0 Å². The molecule has 1 aliphatic rings. The van der Waals surface area contributed by atoms with Crippen molar-refractivity contribution in [2.24, 2.45) is 5.73 Å². The highest BCUT2D eigenvalue weighted by molar-refractivity contribution is 5.44. The van der Waals surface area contributed by atoms with E-state index in [2.05, 4.69) is 24.0 Å². The van der Waals surface area contributed by atoms with E-state index in [1.54, 1.807) is 14.2 Å². The Hall–Kier alpha value is -1.26. The van der Waals surface area contributed by atoms with Crippen LogP contribution in [0.1, 0.15) is 37.7 Å². The van der Waals surface area contributed by atoms with Gasteiger partial charge in [0.1, 0.15) is 0 Å². The average molecular weight is 292 g/mol. The van der Waals surface area contributed by atoms with E-state index in [1.165, 1.54) is 31.4 Å². The van der Waals surface area contributed by atoms with Crippen LogP contribution in [0.3, 0.4) is 0 Å². The van der Waals surface area contributed by atoms with E-state index in [9.17, 15) is 0 Å². The van der Waals surface area contributed by atoms with E-state index >= 15 is 0 Å². The summed E-state index contributed by atoms with van der Waals surface area (Å²) in [5.41, 5.74) is 7.37. The Bertz CT molecular complexity index is 450. The van der Waals surface area contributed by atoms with Crippen LogP contribution in [-0.4, -0.2) is 44.8 Å². The van der Waals surface area contributed by atoms with Crippen LogP contribution in [0.25, 0.3) is 0 Å². The van der Waals surface area contributed by atoms with Crippen molar-refractivity contribution in [1.29, 1.82) is 0 Å². The standard InChI is InChI=1S/C17H28N2O2/c1-4-19-10-6-5-7-15(19)14(12-18)13-8-9-16(20-2)17(11-13)21-3/h8-9,11,14-15H,4-7,10,12,18H2,1-3H3. The van der Waals surface area contributed by atoms with Gasteiger partial charge in [0.05, 0.1) is 14.2 Å². The van der Waals surface area contributed by atoms with Crippen LogP contribution in [0.5, 0.6) is 11.5 Å². The molecule has 1 fully saturated rings. The van der Waals surface area contributed by atoms with Gasteiger partial charge in [-0.15, -0.1) is 0 Å². The number of ether oxygens (including phenoxy) is 2. The van der Waals surface area contributed by atoms with Gasteiger partial charge in [0.15, 0.2) is 11.5 Å². The highest BCUT2D eigenvalue weighted by Crippen LogP contribution is 2.35. The number of piperidine rings is 1. The number of nitrogens with zero attached hydrogens (tertiary/aromatic N) is 1. The summed E-state index contributed by atoms with van der Waals surface area (Å²) in [4.78, 5) is 2.57. The molecule has 0 amide bonds. The molecule has 2 atom stereocenters. The van der Waals surface area contributed by atoms with Crippen LogP contribution >= 0.6 is 0 Å². The number of likely N-dealkylation sites (N-methyl/N-ethyl adjacent to an activating group) is 1. The van der Waals surface area contributed by atoms with E-state index < -0.39 is 0 Å². The number of methoxy groups -OCH3 is 2. The van der Waals surface area contributed by atoms with Gasteiger partial charge in [-0.2, -0.15) is 0 Å². The molecular formula is C17H28N2O2. The van der Waals surface area contributed by atoms with Gasteiger partial charge in [-0.3, -0.25) is 0 Å². The first kappa shape index (κ1) is 16.1. The third-order valence-corrected chi connectivity index (χ3v) is 4.62. The number of hydrogen-bond acceptors (Lipinski definition) is 4. The Morgan fingerprint density at radius 3 is 2.62 bits per heavy atom. The Kier molecular flexibility index (Phi) is 5.88. The van der Waals surface area contributed by atoms with Crippen molar-refractivity contribution in [3.05, 3.63) is 23.8 Å². The predicted molar refractivity (Wildman–Crippen MR) is 86.2 cm³/mol. The molecule has 1 aliphatic heterocycles. The first-order valence-electron chi connectivity index (χ1n) is 7.91.